The Morgan fingerprint density at radius 3 is 2.15 bits per heavy atom. The zero-order valence-electron chi connectivity index (χ0n) is 18.9. The van der Waals surface area contributed by atoms with Gasteiger partial charge < -0.3 is 15.4 Å². The average molecular weight is 462 g/mol. The normalized spacial score (nSPS) is 10.7. The zero-order chi connectivity index (χ0) is 24.2. The molecule has 174 valence electrons. The van der Waals surface area contributed by atoms with Crippen molar-refractivity contribution in [1.29, 1.82) is 0 Å². The van der Waals surface area contributed by atoms with Crippen molar-refractivity contribution in [3.8, 4) is 5.75 Å². The van der Waals surface area contributed by atoms with Crippen LogP contribution in [-0.2, 0) is 20.7 Å². The number of halogens is 1. The Bertz CT molecular complexity index is 1330. The highest BCUT2D eigenvalue weighted by atomic mass is 19.1. The van der Waals surface area contributed by atoms with Gasteiger partial charge in [-0.25, -0.2) is 4.39 Å². The zero-order valence-corrected chi connectivity index (χ0v) is 18.9. The van der Waals surface area contributed by atoms with Gasteiger partial charge in [-0.3, -0.25) is 19.0 Å². The van der Waals surface area contributed by atoms with E-state index in [4.69, 9.17) is 4.74 Å². The molecule has 0 saturated heterocycles. The van der Waals surface area contributed by atoms with Crippen LogP contribution in [0.2, 0.25) is 0 Å². The molecule has 0 saturated carbocycles. The molecule has 2 aromatic carbocycles. The maximum atomic E-state index is 13.0. The van der Waals surface area contributed by atoms with Crippen LogP contribution in [0.15, 0.2) is 60.9 Å². The second-order valence-electron chi connectivity index (χ2n) is 7.65. The van der Waals surface area contributed by atoms with Crippen molar-refractivity contribution in [2.75, 3.05) is 10.6 Å². The van der Waals surface area contributed by atoms with Crippen molar-refractivity contribution in [2.45, 2.75) is 13.5 Å². The third kappa shape index (κ3) is 4.96. The van der Waals surface area contributed by atoms with E-state index in [9.17, 15) is 14.0 Å². The van der Waals surface area contributed by atoms with E-state index in [1.54, 1.807) is 61.4 Å². The van der Waals surface area contributed by atoms with Gasteiger partial charge in [0.15, 0.2) is 0 Å². The molecule has 0 aliphatic heterocycles. The maximum absolute atomic E-state index is 13.0. The summed E-state index contributed by atoms with van der Waals surface area (Å²) in [6, 6.07) is 12.6. The van der Waals surface area contributed by atoms with Crippen molar-refractivity contribution in [3.63, 3.8) is 0 Å². The summed E-state index contributed by atoms with van der Waals surface area (Å²) >= 11 is 0. The molecule has 2 aromatic heterocycles. The lowest BCUT2D eigenvalue weighted by Gasteiger charge is -2.10. The van der Waals surface area contributed by atoms with E-state index in [0.717, 1.165) is 11.3 Å². The van der Waals surface area contributed by atoms with E-state index < -0.39 is 5.91 Å². The molecule has 0 aliphatic carbocycles. The molecule has 10 heteroatoms. The molecule has 0 fully saturated rings. The molecule has 2 amide bonds. The first kappa shape index (κ1) is 22.7. The number of ether oxygens (including phenoxy) is 1. The van der Waals surface area contributed by atoms with E-state index >= 15 is 0 Å². The number of amides is 2. The molecule has 0 aliphatic rings. The molecule has 2 N–H and O–H groups in total. The summed E-state index contributed by atoms with van der Waals surface area (Å²) in [7, 11) is 3.40. The summed E-state index contributed by atoms with van der Waals surface area (Å²) in [5, 5.41) is 13.8. The molecule has 0 atom stereocenters. The first-order chi connectivity index (χ1) is 16.3. The number of carbonyl (C=O) groups is 2. The number of aryl methyl sites for hydroxylation is 2. The number of benzene rings is 2. The van der Waals surface area contributed by atoms with Crippen LogP contribution in [0, 0.1) is 12.7 Å². The van der Waals surface area contributed by atoms with Gasteiger partial charge >= 0.3 is 0 Å². The minimum Gasteiger partial charge on any atom is -0.489 e. The first-order valence-corrected chi connectivity index (χ1v) is 10.4. The Morgan fingerprint density at radius 2 is 1.50 bits per heavy atom. The number of rotatable bonds is 7. The van der Waals surface area contributed by atoms with Crippen LogP contribution < -0.4 is 15.4 Å². The second-order valence-corrected chi connectivity index (χ2v) is 7.65. The molecule has 2 heterocycles. The Morgan fingerprint density at radius 1 is 0.882 bits per heavy atom. The van der Waals surface area contributed by atoms with Gasteiger partial charge in [0.1, 0.15) is 23.9 Å². The van der Waals surface area contributed by atoms with Crippen LogP contribution in [0.1, 0.15) is 32.1 Å². The highest BCUT2D eigenvalue weighted by Gasteiger charge is 2.20. The predicted octanol–water partition coefficient (Wildman–Crippen LogP) is 3.68. The summed E-state index contributed by atoms with van der Waals surface area (Å²) in [6.45, 7) is 2.11. The summed E-state index contributed by atoms with van der Waals surface area (Å²) < 4.78 is 21.6. The van der Waals surface area contributed by atoms with Gasteiger partial charge in [-0.1, -0.05) is 12.1 Å². The molecular weight excluding hydrogens is 439 g/mol. The highest BCUT2D eigenvalue weighted by molar-refractivity contribution is 6.11. The molecule has 0 spiro atoms. The maximum Gasteiger partial charge on any atom is 0.276 e. The van der Waals surface area contributed by atoms with Crippen molar-refractivity contribution in [2.24, 2.45) is 14.1 Å². The lowest BCUT2D eigenvalue weighted by atomic mass is 10.1. The van der Waals surface area contributed by atoms with E-state index in [2.05, 4.69) is 20.8 Å². The topological polar surface area (TPSA) is 103 Å². The number of nitrogens with one attached hydrogen (secondary N) is 2. The molecule has 34 heavy (non-hydrogen) atoms. The van der Waals surface area contributed by atoms with E-state index in [0.29, 0.717) is 17.0 Å². The van der Waals surface area contributed by atoms with Gasteiger partial charge in [0.05, 0.1) is 29.5 Å². The predicted molar refractivity (Wildman–Crippen MR) is 124 cm³/mol. The summed E-state index contributed by atoms with van der Waals surface area (Å²) in [4.78, 5) is 25.6. The van der Waals surface area contributed by atoms with Gasteiger partial charge in [-0.15, -0.1) is 0 Å². The highest BCUT2D eigenvalue weighted by Crippen LogP contribution is 2.20. The van der Waals surface area contributed by atoms with Gasteiger partial charge in [-0.05, 0) is 48.9 Å². The second kappa shape index (κ2) is 9.57. The van der Waals surface area contributed by atoms with Crippen LogP contribution in [0.25, 0.3) is 0 Å². The van der Waals surface area contributed by atoms with E-state index in [1.807, 2.05) is 6.92 Å². The summed E-state index contributed by atoms with van der Waals surface area (Å²) in [6.07, 6.45) is 2.98. The minimum absolute atomic E-state index is 0.209. The monoisotopic (exact) mass is 462 g/mol. The lowest BCUT2D eigenvalue weighted by Crippen LogP contribution is -2.20. The molecule has 4 aromatic rings. The Balaban J connectivity index is 1.41. The van der Waals surface area contributed by atoms with Crippen molar-refractivity contribution in [3.05, 3.63) is 89.3 Å². The molecule has 0 unspecified atom stereocenters. The van der Waals surface area contributed by atoms with Crippen LogP contribution in [0.3, 0.4) is 0 Å². The van der Waals surface area contributed by atoms with Crippen molar-refractivity contribution in [1.82, 2.24) is 19.6 Å². The third-order valence-electron chi connectivity index (χ3n) is 5.32. The number of hydrogen-bond donors (Lipinski definition) is 2. The van der Waals surface area contributed by atoms with Crippen LogP contribution in [0.5, 0.6) is 5.75 Å². The molecular formula is C24H23FN6O3. The number of anilines is 2. The van der Waals surface area contributed by atoms with E-state index in [-0.39, 0.29) is 29.7 Å². The van der Waals surface area contributed by atoms with Gasteiger partial charge in [0.2, 0.25) is 0 Å². The fourth-order valence-corrected chi connectivity index (χ4v) is 3.25. The van der Waals surface area contributed by atoms with Crippen molar-refractivity contribution >= 4 is 23.2 Å². The molecule has 0 bridgehead atoms. The van der Waals surface area contributed by atoms with Gasteiger partial charge in [-0.2, -0.15) is 10.2 Å². The summed E-state index contributed by atoms with van der Waals surface area (Å²) in [5.41, 5.74) is 3.11. The standard InChI is InChI=1S/C24H23FN6O3/c1-15-20(12-26-30(15)2)28-24(33)22-21(13-27-31(22)3)29-23(32)17-6-4-16(5-7-17)14-34-19-10-8-18(25)9-11-19/h4-13H,14H2,1-3H3,(H,28,33)(H,29,32). The smallest absolute Gasteiger partial charge is 0.276 e. The van der Waals surface area contributed by atoms with Gasteiger partial charge in [0.25, 0.3) is 11.8 Å². The fraction of sp³-hybridized carbons (Fsp3) is 0.167. The summed E-state index contributed by atoms with van der Waals surface area (Å²) in [5.74, 6) is -0.582. The number of aromatic nitrogens is 4. The third-order valence-corrected chi connectivity index (χ3v) is 5.32. The fourth-order valence-electron chi connectivity index (χ4n) is 3.25. The molecule has 0 radical (unpaired) electrons. The average Bonchev–Trinajstić information content (AvgIpc) is 3.35. The Hall–Kier alpha value is -4.47. The first-order valence-electron chi connectivity index (χ1n) is 10.4. The largest absolute Gasteiger partial charge is 0.489 e. The van der Waals surface area contributed by atoms with Crippen LogP contribution >= 0.6 is 0 Å². The molecule has 4 rings (SSSR count). The number of nitrogens with zero attached hydrogens (tertiary/aromatic N) is 4. The number of carbonyl (C=O) groups excluding carboxylic acids is 2. The minimum atomic E-state index is -0.417. The lowest BCUT2D eigenvalue weighted by molar-refractivity contribution is 0.101. The quantitative estimate of drug-likeness (QED) is 0.436. The van der Waals surface area contributed by atoms with Crippen LogP contribution in [0.4, 0.5) is 15.8 Å². The van der Waals surface area contributed by atoms with Crippen LogP contribution in [-0.4, -0.2) is 31.4 Å². The van der Waals surface area contributed by atoms with E-state index in [1.165, 1.54) is 23.0 Å². The molecule has 9 nitrogen and oxygen atoms in total. The Labute approximate surface area is 195 Å². The number of hydrogen-bond acceptors (Lipinski definition) is 5. The Kier molecular flexibility index (Phi) is 6.39. The SMILES string of the molecule is Cc1c(NC(=O)c2c(NC(=O)c3ccc(COc4ccc(F)cc4)cc3)cnn2C)cnn1C. The van der Waals surface area contributed by atoms with Crippen molar-refractivity contribution < 1.29 is 18.7 Å². The van der Waals surface area contributed by atoms with Gasteiger partial charge in [0, 0.05) is 19.7 Å².